The summed E-state index contributed by atoms with van der Waals surface area (Å²) in [5.41, 5.74) is 4.37. The van der Waals surface area contributed by atoms with Crippen LogP contribution in [0.2, 0.25) is 0 Å². The minimum absolute atomic E-state index is 0.599. The number of anilines is 2. The van der Waals surface area contributed by atoms with Gasteiger partial charge in [-0.3, -0.25) is 0 Å². The molecule has 0 spiro atoms. The Kier molecular flexibility index (Phi) is 6.13. The SMILES string of the molecule is CCCNc1ccc(CNc2nnc(CC)c(CC)n2)cc1. The summed E-state index contributed by atoms with van der Waals surface area (Å²) in [6.07, 6.45) is 2.88. The molecule has 0 bridgehead atoms. The Morgan fingerprint density at radius 1 is 0.864 bits per heavy atom. The molecule has 5 heteroatoms. The molecule has 2 aromatic rings. The smallest absolute Gasteiger partial charge is 0.243 e. The van der Waals surface area contributed by atoms with Crippen LogP contribution in [0.5, 0.6) is 0 Å². The number of aromatic nitrogens is 3. The lowest BCUT2D eigenvalue weighted by atomic mass is 10.2. The second-order valence-corrected chi connectivity index (χ2v) is 5.21. The summed E-state index contributed by atoms with van der Waals surface area (Å²) in [6, 6.07) is 8.42. The predicted molar refractivity (Wildman–Crippen MR) is 91.1 cm³/mol. The summed E-state index contributed by atoms with van der Waals surface area (Å²) in [5.74, 6) is 0.599. The molecule has 0 aliphatic carbocycles. The summed E-state index contributed by atoms with van der Waals surface area (Å²) in [7, 11) is 0. The van der Waals surface area contributed by atoms with Crippen LogP contribution in [-0.2, 0) is 19.4 Å². The van der Waals surface area contributed by atoms with Crippen LogP contribution in [0.4, 0.5) is 11.6 Å². The maximum atomic E-state index is 4.54. The number of benzene rings is 1. The van der Waals surface area contributed by atoms with Gasteiger partial charge in [0.1, 0.15) is 0 Å². The average Bonchev–Trinajstić information content (AvgIpc) is 2.58. The third-order valence-electron chi connectivity index (χ3n) is 3.49. The first kappa shape index (κ1) is 16.2. The molecule has 0 atom stereocenters. The Morgan fingerprint density at radius 2 is 1.59 bits per heavy atom. The van der Waals surface area contributed by atoms with Gasteiger partial charge in [-0.25, -0.2) is 4.98 Å². The molecule has 0 unspecified atom stereocenters. The molecule has 1 aromatic carbocycles. The number of rotatable bonds is 8. The molecule has 0 aliphatic rings. The highest BCUT2D eigenvalue weighted by molar-refractivity contribution is 5.45. The minimum Gasteiger partial charge on any atom is -0.385 e. The van der Waals surface area contributed by atoms with Crippen molar-refractivity contribution in [3.8, 4) is 0 Å². The molecular formula is C17H25N5. The molecular weight excluding hydrogens is 274 g/mol. The van der Waals surface area contributed by atoms with E-state index >= 15 is 0 Å². The van der Waals surface area contributed by atoms with E-state index in [1.807, 2.05) is 0 Å². The largest absolute Gasteiger partial charge is 0.385 e. The maximum absolute atomic E-state index is 4.54. The standard InChI is InChI=1S/C17H25N5/c1-4-11-18-14-9-7-13(8-10-14)12-19-17-20-15(5-2)16(6-3)21-22-17/h7-10,18H,4-6,11-12H2,1-3H3,(H,19,20,22). The molecule has 2 rings (SSSR count). The van der Waals surface area contributed by atoms with Gasteiger partial charge in [0, 0.05) is 18.8 Å². The molecule has 0 saturated carbocycles. The van der Waals surface area contributed by atoms with Gasteiger partial charge in [-0.1, -0.05) is 32.9 Å². The molecule has 0 amide bonds. The first-order valence-corrected chi connectivity index (χ1v) is 8.05. The normalized spacial score (nSPS) is 10.5. The lowest BCUT2D eigenvalue weighted by molar-refractivity contribution is 0.819. The number of aryl methyl sites for hydroxylation is 2. The van der Waals surface area contributed by atoms with Crippen molar-refractivity contribution >= 4 is 11.6 Å². The van der Waals surface area contributed by atoms with Gasteiger partial charge in [-0.05, 0) is 37.0 Å². The maximum Gasteiger partial charge on any atom is 0.243 e. The second kappa shape index (κ2) is 8.32. The summed E-state index contributed by atoms with van der Waals surface area (Å²) >= 11 is 0. The summed E-state index contributed by atoms with van der Waals surface area (Å²) < 4.78 is 0. The Bertz CT molecular complexity index is 580. The second-order valence-electron chi connectivity index (χ2n) is 5.21. The van der Waals surface area contributed by atoms with Crippen LogP contribution in [0.3, 0.4) is 0 Å². The quantitative estimate of drug-likeness (QED) is 0.782. The highest BCUT2D eigenvalue weighted by Gasteiger charge is 2.05. The van der Waals surface area contributed by atoms with Gasteiger partial charge in [0.2, 0.25) is 5.95 Å². The van der Waals surface area contributed by atoms with E-state index in [-0.39, 0.29) is 0 Å². The van der Waals surface area contributed by atoms with E-state index in [4.69, 9.17) is 0 Å². The van der Waals surface area contributed by atoms with Gasteiger partial charge in [-0.15, -0.1) is 5.10 Å². The third kappa shape index (κ3) is 4.41. The number of hydrogen-bond donors (Lipinski definition) is 2. The van der Waals surface area contributed by atoms with Gasteiger partial charge in [0.15, 0.2) is 0 Å². The van der Waals surface area contributed by atoms with Gasteiger partial charge in [0.05, 0.1) is 11.4 Å². The molecule has 0 radical (unpaired) electrons. The number of hydrogen-bond acceptors (Lipinski definition) is 5. The summed E-state index contributed by atoms with van der Waals surface area (Å²) in [4.78, 5) is 4.54. The van der Waals surface area contributed by atoms with E-state index in [1.54, 1.807) is 0 Å². The van der Waals surface area contributed by atoms with Gasteiger partial charge in [-0.2, -0.15) is 5.10 Å². The van der Waals surface area contributed by atoms with Crippen LogP contribution in [0.1, 0.15) is 44.1 Å². The first-order chi connectivity index (χ1) is 10.8. The van der Waals surface area contributed by atoms with Crippen LogP contribution in [0.15, 0.2) is 24.3 Å². The highest BCUT2D eigenvalue weighted by Crippen LogP contribution is 2.11. The van der Waals surface area contributed by atoms with E-state index < -0.39 is 0 Å². The van der Waals surface area contributed by atoms with Crippen LogP contribution in [-0.4, -0.2) is 21.7 Å². The summed E-state index contributed by atoms with van der Waals surface area (Å²) in [6.45, 7) is 8.03. The van der Waals surface area contributed by atoms with E-state index in [1.165, 1.54) is 5.56 Å². The van der Waals surface area contributed by atoms with Crippen LogP contribution >= 0.6 is 0 Å². The topological polar surface area (TPSA) is 62.7 Å². The fourth-order valence-corrected chi connectivity index (χ4v) is 2.20. The zero-order valence-corrected chi connectivity index (χ0v) is 13.7. The summed E-state index contributed by atoms with van der Waals surface area (Å²) in [5, 5.41) is 15.0. The molecule has 2 N–H and O–H groups in total. The molecule has 0 saturated heterocycles. The van der Waals surface area contributed by atoms with Crippen molar-refractivity contribution in [3.63, 3.8) is 0 Å². The molecule has 0 aliphatic heterocycles. The average molecular weight is 299 g/mol. The molecule has 1 heterocycles. The van der Waals surface area contributed by atoms with Crippen molar-refractivity contribution in [1.29, 1.82) is 0 Å². The van der Waals surface area contributed by atoms with E-state index in [9.17, 15) is 0 Å². The molecule has 22 heavy (non-hydrogen) atoms. The van der Waals surface area contributed by atoms with Crippen molar-refractivity contribution < 1.29 is 0 Å². The van der Waals surface area contributed by atoms with Crippen molar-refractivity contribution in [2.24, 2.45) is 0 Å². The Labute approximate surface area is 132 Å². The molecule has 1 aromatic heterocycles. The Hall–Kier alpha value is -2.17. The fourth-order valence-electron chi connectivity index (χ4n) is 2.20. The molecule has 5 nitrogen and oxygen atoms in total. The Morgan fingerprint density at radius 3 is 2.23 bits per heavy atom. The van der Waals surface area contributed by atoms with E-state index in [0.717, 1.165) is 42.9 Å². The fraction of sp³-hybridized carbons (Fsp3) is 0.471. The zero-order valence-electron chi connectivity index (χ0n) is 13.7. The number of nitrogens with one attached hydrogen (secondary N) is 2. The number of nitrogens with zero attached hydrogens (tertiary/aromatic N) is 3. The molecule has 118 valence electrons. The van der Waals surface area contributed by atoms with Gasteiger partial charge >= 0.3 is 0 Å². The van der Waals surface area contributed by atoms with Crippen molar-refractivity contribution in [2.45, 2.75) is 46.6 Å². The predicted octanol–water partition coefficient (Wildman–Crippen LogP) is 3.43. The van der Waals surface area contributed by atoms with Crippen molar-refractivity contribution in [1.82, 2.24) is 15.2 Å². The lowest BCUT2D eigenvalue weighted by Crippen LogP contribution is -2.09. The monoisotopic (exact) mass is 299 g/mol. The van der Waals surface area contributed by atoms with Crippen molar-refractivity contribution in [2.75, 3.05) is 17.2 Å². The van der Waals surface area contributed by atoms with Crippen LogP contribution < -0.4 is 10.6 Å². The third-order valence-corrected chi connectivity index (χ3v) is 3.49. The first-order valence-electron chi connectivity index (χ1n) is 8.05. The van der Waals surface area contributed by atoms with Gasteiger partial charge in [0.25, 0.3) is 0 Å². The van der Waals surface area contributed by atoms with Crippen LogP contribution in [0, 0.1) is 0 Å². The van der Waals surface area contributed by atoms with E-state index in [2.05, 4.69) is 70.9 Å². The molecule has 0 fully saturated rings. The van der Waals surface area contributed by atoms with Crippen LogP contribution in [0.25, 0.3) is 0 Å². The Balaban J connectivity index is 1.95. The van der Waals surface area contributed by atoms with Crippen molar-refractivity contribution in [3.05, 3.63) is 41.2 Å². The van der Waals surface area contributed by atoms with Gasteiger partial charge < -0.3 is 10.6 Å². The van der Waals surface area contributed by atoms with E-state index in [0.29, 0.717) is 12.5 Å². The highest BCUT2D eigenvalue weighted by atomic mass is 15.2. The zero-order chi connectivity index (χ0) is 15.8. The lowest BCUT2D eigenvalue weighted by Gasteiger charge is -2.09. The minimum atomic E-state index is 0.599.